The van der Waals surface area contributed by atoms with E-state index in [1.807, 2.05) is 18.2 Å². The first-order chi connectivity index (χ1) is 15.7. The molecular weight excluding hydrogens is 493 g/mol. The third-order valence-corrected chi connectivity index (χ3v) is 8.26. The van der Waals surface area contributed by atoms with Crippen LogP contribution in [0.15, 0.2) is 40.1 Å². The van der Waals surface area contributed by atoms with Gasteiger partial charge in [0.15, 0.2) is 21.3 Å². The first kappa shape index (κ1) is 26.7. The van der Waals surface area contributed by atoms with Gasteiger partial charge < -0.3 is 13.7 Å². The number of hydrogen-bond donors (Lipinski definition) is 0. The molecular formula is C25H35Cl2NO3SSi. The Morgan fingerprint density at radius 1 is 1.03 bits per heavy atom. The minimum Gasteiger partial charge on any atom is -0.606 e. The number of hydrogen-bond acceptors (Lipinski definition) is 4. The van der Waals surface area contributed by atoms with Gasteiger partial charge in [-0.05, 0) is 24.6 Å². The van der Waals surface area contributed by atoms with Gasteiger partial charge in [0.1, 0.15) is 6.61 Å². The fourth-order valence-electron chi connectivity index (χ4n) is 4.04. The molecule has 182 valence electrons. The lowest BCUT2D eigenvalue weighted by Crippen LogP contribution is -2.32. The molecule has 1 heterocycles. The first-order valence-corrected chi connectivity index (χ1v) is 16.5. The lowest BCUT2D eigenvalue weighted by atomic mass is 9.84. The van der Waals surface area contributed by atoms with Crippen molar-refractivity contribution < 1.29 is 13.7 Å². The summed E-state index contributed by atoms with van der Waals surface area (Å²) in [6.07, 6.45) is 0.681. The van der Waals surface area contributed by atoms with Crippen LogP contribution in [-0.4, -0.2) is 56.5 Å². The Labute approximate surface area is 213 Å². The zero-order chi connectivity index (χ0) is 24.2. The number of fused-ring (bicyclic) bond motifs is 2. The number of alkyl halides is 2. The summed E-state index contributed by atoms with van der Waals surface area (Å²) in [5.41, 5.74) is 2.92. The summed E-state index contributed by atoms with van der Waals surface area (Å²) in [7, 11) is -1.42. The van der Waals surface area contributed by atoms with Gasteiger partial charge in [0.05, 0.1) is 5.56 Å². The predicted octanol–water partition coefficient (Wildman–Crippen LogP) is 5.58. The summed E-state index contributed by atoms with van der Waals surface area (Å²) in [5.74, 6) is 2.67. The van der Waals surface area contributed by atoms with Crippen molar-refractivity contribution >= 4 is 43.4 Å². The van der Waals surface area contributed by atoms with Crippen LogP contribution in [0.5, 0.6) is 11.5 Å². The van der Waals surface area contributed by atoms with Crippen molar-refractivity contribution in [1.29, 1.82) is 0 Å². The van der Waals surface area contributed by atoms with E-state index < -0.39 is 20.2 Å². The number of halogens is 2. The molecule has 0 saturated carbocycles. The zero-order valence-corrected chi connectivity index (χ0v) is 23.7. The predicted molar refractivity (Wildman–Crippen MR) is 142 cm³/mol. The second-order valence-electron chi connectivity index (χ2n) is 9.60. The largest absolute Gasteiger partial charge is 0.606 e. The third-order valence-electron chi connectivity index (χ3n) is 5.65. The fraction of sp³-hybridized carbons (Fsp3) is 0.520. The molecule has 2 aromatic carbocycles. The molecule has 2 aromatic rings. The van der Waals surface area contributed by atoms with Crippen molar-refractivity contribution in [2.75, 3.05) is 38.0 Å². The van der Waals surface area contributed by atoms with E-state index in [0.29, 0.717) is 31.3 Å². The smallest absolute Gasteiger partial charge is 0.229 e. The van der Waals surface area contributed by atoms with Crippen LogP contribution < -0.4 is 9.16 Å². The minimum atomic E-state index is -1.42. The second-order valence-corrected chi connectivity index (χ2v) is 14.1. The van der Waals surface area contributed by atoms with E-state index in [2.05, 4.69) is 50.9 Å². The summed E-state index contributed by atoms with van der Waals surface area (Å²) < 4.78 is 26.6. The Hall–Kier alpha value is -0.893. The van der Waals surface area contributed by atoms with Crippen LogP contribution in [0.3, 0.4) is 0 Å². The van der Waals surface area contributed by atoms with Gasteiger partial charge >= 0.3 is 0 Å². The summed E-state index contributed by atoms with van der Waals surface area (Å²) in [6.45, 7) is 13.5. The third kappa shape index (κ3) is 6.41. The monoisotopic (exact) mass is 527 g/mol. The summed E-state index contributed by atoms with van der Waals surface area (Å²) in [4.78, 5) is 3.92. The van der Waals surface area contributed by atoms with Crippen LogP contribution in [0.1, 0.15) is 37.5 Å². The number of benzene rings is 2. The average Bonchev–Trinajstić information content (AvgIpc) is 2.74. The van der Waals surface area contributed by atoms with Crippen molar-refractivity contribution in [1.82, 2.24) is 4.90 Å². The van der Waals surface area contributed by atoms with Crippen LogP contribution in [0.4, 0.5) is 0 Å². The number of nitrogens with zero attached hydrogens (tertiary/aromatic N) is 1. The highest BCUT2D eigenvalue weighted by Crippen LogP contribution is 2.48. The van der Waals surface area contributed by atoms with Gasteiger partial charge in [-0.15, -0.1) is 23.2 Å². The Morgan fingerprint density at radius 3 is 2.30 bits per heavy atom. The average molecular weight is 529 g/mol. The molecule has 1 unspecified atom stereocenters. The maximum atomic E-state index is 13.6. The van der Waals surface area contributed by atoms with Crippen molar-refractivity contribution in [3.05, 3.63) is 47.0 Å². The molecule has 1 aliphatic rings. The van der Waals surface area contributed by atoms with Crippen molar-refractivity contribution in [2.24, 2.45) is 0 Å². The van der Waals surface area contributed by atoms with Gasteiger partial charge in [-0.2, -0.15) is 0 Å². The standard InChI is InChI=1S/C25H35Cl2NO3SSi/c1-25(2,3)20-17-22-19(16-18-8-6-7-9-21(18)32(22)29)23(24(20)31-33(4)5)30-15-14-28(12-10-26)13-11-27/h6-9,17,33H,10-16H2,1-5H3. The first-order valence-electron chi connectivity index (χ1n) is 11.5. The molecule has 0 amide bonds. The molecule has 1 aliphatic heterocycles. The Bertz CT molecular complexity index is 946. The van der Waals surface area contributed by atoms with Crippen molar-refractivity contribution in [3.8, 4) is 11.5 Å². The lowest BCUT2D eigenvalue weighted by Gasteiger charge is -2.31. The topological polar surface area (TPSA) is 44.8 Å². The summed E-state index contributed by atoms with van der Waals surface area (Å²) >= 11 is 10.7. The minimum absolute atomic E-state index is 0.184. The maximum Gasteiger partial charge on any atom is 0.229 e. The van der Waals surface area contributed by atoms with E-state index in [-0.39, 0.29) is 5.41 Å². The number of ether oxygens (including phenoxy) is 1. The van der Waals surface area contributed by atoms with Crippen molar-refractivity contribution in [3.63, 3.8) is 0 Å². The zero-order valence-electron chi connectivity index (χ0n) is 20.2. The highest BCUT2D eigenvalue weighted by Gasteiger charge is 2.36. The molecule has 0 radical (unpaired) electrons. The van der Waals surface area contributed by atoms with Gasteiger partial charge in [-0.3, -0.25) is 4.90 Å². The molecule has 4 nitrogen and oxygen atoms in total. The van der Waals surface area contributed by atoms with Gasteiger partial charge in [0.2, 0.25) is 9.04 Å². The van der Waals surface area contributed by atoms with Gasteiger partial charge in [0.25, 0.3) is 0 Å². The highest BCUT2D eigenvalue weighted by molar-refractivity contribution is 7.91. The molecule has 0 bridgehead atoms. The van der Waals surface area contributed by atoms with Crippen LogP contribution in [-0.2, 0) is 23.0 Å². The molecule has 0 saturated heterocycles. The molecule has 0 aliphatic carbocycles. The van der Waals surface area contributed by atoms with E-state index in [9.17, 15) is 4.55 Å². The van der Waals surface area contributed by atoms with Crippen molar-refractivity contribution in [2.45, 2.75) is 55.5 Å². The van der Waals surface area contributed by atoms with E-state index in [0.717, 1.165) is 51.1 Å². The Morgan fingerprint density at radius 2 is 1.70 bits per heavy atom. The van der Waals surface area contributed by atoms with Crippen LogP contribution in [0, 0.1) is 0 Å². The van der Waals surface area contributed by atoms with Crippen LogP contribution in [0.25, 0.3) is 0 Å². The lowest BCUT2D eigenvalue weighted by molar-refractivity contribution is 0.219. The quantitative estimate of drug-likeness (QED) is 0.230. The Kier molecular flexibility index (Phi) is 9.46. The maximum absolute atomic E-state index is 13.6. The van der Waals surface area contributed by atoms with Gasteiger partial charge in [0, 0.05) is 66.2 Å². The molecule has 0 spiro atoms. The van der Waals surface area contributed by atoms with E-state index in [1.54, 1.807) is 0 Å². The normalized spacial score (nSPS) is 15.5. The van der Waals surface area contributed by atoms with Gasteiger partial charge in [-0.1, -0.05) is 39.0 Å². The van der Waals surface area contributed by atoms with Crippen LogP contribution >= 0.6 is 23.2 Å². The van der Waals surface area contributed by atoms with E-state index in [4.69, 9.17) is 32.4 Å². The molecule has 0 N–H and O–H groups in total. The van der Waals surface area contributed by atoms with E-state index in [1.165, 1.54) is 0 Å². The molecule has 3 rings (SSSR count). The van der Waals surface area contributed by atoms with E-state index >= 15 is 0 Å². The molecule has 0 aromatic heterocycles. The highest BCUT2D eigenvalue weighted by atomic mass is 35.5. The number of rotatable bonds is 10. The molecule has 8 heteroatoms. The summed E-state index contributed by atoms with van der Waals surface area (Å²) in [6, 6.07) is 10.1. The van der Waals surface area contributed by atoms with Crippen LogP contribution in [0.2, 0.25) is 13.1 Å². The van der Waals surface area contributed by atoms with Gasteiger partial charge in [-0.25, -0.2) is 0 Å². The molecule has 1 atom stereocenters. The molecule has 0 fully saturated rings. The fourth-order valence-corrected chi connectivity index (χ4v) is 6.66. The molecule has 33 heavy (non-hydrogen) atoms. The second kappa shape index (κ2) is 11.7. The Balaban J connectivity index is 2.07. The SMILES string of the molecule is C[SiH](C)Oc1c(C(C)(C)C)cc2c(c1OCCN(CCCl)CCCl)Cc1ccccc1[S+]2[O-]. The summed E-state index contributed by atoms with van der Waals surface area (Å²) in [5, 5.41) is 0.